The first kappa shape index (κ1) is 12.3. The Morgan fingerprint density at radius 2 is 2.05 bits per heavy atom. The van der Waals surface area contributed by atoms with Crippen LogP contribution in [0.15, 0.2) is 42.9 Å². The molecule has 0 aliphatic carbocycles. The molecular formula is C15H14N4O. The lowest BCUT2D eigenvalue weighted by molar-refractivity contribution is 0.102. The minimum Gasteiger partial charge on any atom is -0.319 e. The van der Waals surface area contributed by atoms with Gasteiger partial charge in [0, 0.05) is 11.6 Å². The minimum absolute atomic E-state index is 0.151. The van der Waals surface area contributed by atoms with Crippen molar-refractivity contribution in [2.24, 2.45) is 0 Å². The number of fused-ring (bicyclic) bond motifs is 1. The number of carbonyl (C=O) groups is 1. The lowest BCUT2D eigenvalue weighted by atomic mass is 10.1. The zero-order valence-electron chi connectivity index (χ0n) is 11.3. The van der Waals surface area contributed by atoms with Gasteiger partial charge in [-0.2, -0.15) is 5.10 Å². The molecule has 0 bridgehead atoms. The summed E-state index contributed by atoms with van der Waals surface area (Å²) in [5.74, 6) is -0.151. The molecule has 2 heterocycles. The van der Waals surface area contributed by atoms with Crippen LogP contribution < -0.4 is 5.32 Å². The Morgan fingerprint density at radius 1 is 1.20 bits per heavy atom. The highest BCUT2D eigenvalue weighted by atomic mass is 16.1. The van der Waals surface area contributed by atoms with Gasteiger partial charge in [0.15, 0.2) is 5.65 Å². The highest BCUT2D eigenvalue weighted by Gasteiger charge is 2.08. The van der Waals surface area contributed by atoms with Gasteiger partial charge in [-0.05, 0) is 37.1 Å². The first-order valence-electron chi connectivity index (χ1n) is 6.31. The lowest BCUT2D eigenvalue weighted by Gasteiger charge is -2.07. The van der Waals surface area contributed by atoms with Crippen LogP contribution in [0.2, 0.25) is 0 Å². The van der Waals surface area contributed by atoms with Crippen molar-refractivity contribution in [3.05, 3.63) is 59.5 Å². The van der Waals surface area contributed by atoms with E-state index in [0.29, 0.717) is 11.3 Å². The molecule has 0 fully saturated rings. The van der Waals surface area contributed by atoms with Crippen molar-refractivity contribution in [3.63, 3.8) is 0 Å². The predicted octanol–water partition coefficient (Wildman–Crippen LogP) is 2.60. The van der Waals surface area contributed by atoms with Gasteiger partial charge in [-0.3, -0.25) is 4.79 Å². The van der Waals surface area contributed by atoms with Crippen LogP contribution in [0.25, 0.3) is 5.65 Å². The van der Waals surface area contributed by atoms with Crippen LogP contribution >= 0.6 is 0 Å². The second kappa shape index (κ2) is 4.77. The summed E-state index contributed by atoms with van der Waals surface area (Å²) in [4.78, 5) is 16.4. The monoisotopic (exact) mass is 266 g/mol. The molecule has 0 atom stereocenters. The van der Waals surface area contributed by atoms with Gasteiger partial charge in [0.1, 0.15) is 0 Å². The smallest absolute Gasteiger partial charge is 0.255 e. The number of amides is 1. The maximum Gasteiger partial charge on any atom is 0.255 e. The van der Waals surface area contributed by atoms with Gasteiger partial charge in [-0.25, -0.2) is 9.50 Å². The second-order valence-corrected chi connectivity index (χ2v) is 4.73. The zero-order valence-corrected chi connectivity index (χ0v) is 11.3. The maximum atomic E-state index is 12.2. The Bertz CT molecular complexity index is 791. The van der Waals surface area contributed by atoms with Crippen LogP contribution in [0.5, 0.6) is 0 Å². The first-order chi connectivity index (χ1) is 9.63. The van der Waals surface area contributed by atoms with Crippen molar-refractivity contribution in [2.75, 3.05) is 5.32 Å². The molecule has 1 N–H and O–H groups in total. The fourth-order valence-electron chi connectivity index (χ4n) is 1.96. The number of aromatic nitrogens is 3. The van der Waals surface area contributed by atoms with E-state index in [0.717, 1.165) is 11.2 Å². The highest BCUT2D eigenvalue weighted by Crippen LogP contribution is 2.13. The van der Waals surface area contributed by atoms with E-state index in [4.69, 9.17) is 0 Å². The van der Waals surface area contributed by atoms with Gasteiger partial charge in [-0.1, -0.05) is 6.07 Å². The Kier molecular flexibility index (Phi) is 2.95. The van der Waals surface area contributed by atoms with Crippen LogP contribution in [0.1, 0.15) is 21.5 Å². The van der Waals surface area contributed by atoms with E-state index in [-0.39, 0.29) is 5.91 Å². The van der Waals surface area contributed by atoms with Crippen LogP contribution in [0.3, 0.4) is 0 Å². The number of benzene rings is 1. The van der Waals surface area contributed by atoms with Gasteiger partial charge in [0.05, 0.1) is 24.3 Å². The molecule has 0 spiro atoms. The van der Waals surface area contributed by atoms with Crippen molar-refractivity contribution in [1.82, 2.24) is 14.6 Å². The SMILES string of the molecule is Cc1ccc(C(=O)Nc2cnc3ccnn3c2)cc1C. The third-order valence-corrected chi connectivity index (χ3v) is 3.27. The van der Waals surface area contributed by atoms with Crippen LogP contribution in [0.4, 0.5) is 5.69 Å². The average Bonchev–Trinajstić information content (AvgIpc) is 2.89. The number of rotatable bonds is 2. The standard InChI is InChI=1S/C15H14N4O/c1-10-3-4-12(7-11(10)2)15(20)18-13-8-16-14-5-6-17-19(14)9-13/h3-9H,1-2H3,(H,18,20). The number of hydrogen-bond donors (Lipinski definition) is 1. The summed E-state index contributed by atoms with van der Waals surface area (Å²) in [6.45, 7) is 4.01. The zero-order chi connectivity index (χ0) is 14.1. The largest absolute Gasteiger partial charge is 0.319 e. The molecule has 1 aromatic carbocycles. The number of nitrogens with zero attached hydrogens (tertiary/aromatic N) is 3. The quantitative estimate of drug-likeness (QED) is 0.775. The van der Waals surface area contributed by atoms with Crippen LogP contribution in [-0.4, -0.2) is 20.5 Å². The van der Waals surface area contributed by atoms with Gasteiger partial charge >= 0.3 is 0 Å². The highest BCUT2D eigenvalue weighted by molar-refractivity contribution is 6.04. The molecule has 0 radical (unpaired) electrons. The molecule has 0 unspecified atom stereocenters. The molecule has 0 saturated heterocycles. The summed E-state index contributed by atoms with van der Waals surface area (Å²) in [6, 6.07) is 7.44. The molecule has 3 aromatic rings. The molecule has 1 amide bonds. The van der Waals surface area contributed by atoms with E-state index in [1.807, 2.05) is 32.0 Å². The predicted molar refractivity (Wildman–Crippen MR) is 76.9 cm³/mol. The van der Waals surface area contributed by atoms with Gasteiger partial charge in [-0.15, -0.1) is 0 Å². The molecule has 2 aromatic heterocycles. The van der Waals surface area contributed by atoms with Crippen molar-refractivity contribution < 1.29 is 4.79 Å². The molecule has 5 heteroatoms. The van der Waals surface area contributed by atoms with E-state index in [2.05, 4.69) is 15.4 Å². The minimum atomic E-state index is -0.151. The number of carbonyl (C=O) groups excluding carboxylic acids is 1. The van der Waals surface area contributed by atoms with Crippen molar-refractivity contribution >= 4 is 17.2 Å². The number of anilines is 1. The Morgan fingerprint density at radius 3 is 2.85 bits per heavy atom. The van der Waals surface area contributed by atoms with E-state index >= 15 is 0 Å². The molecule has 100 valence electrons. The Hall–Kier alpha value is -2.69. The second-order valence-electron chi connectivity index (χ2n) is 4.73. The van der Waals surface area contributed by atoms with Gasteiger partial charge in [0.25, 0.3) is 5.91 Å². The van der Waals surface area contributed by atoms with E-state index < -0.39 is 0 Å². The third kappa shape index (κ3) is 2.25. The van der Waals surface area contributed by atoms with Crippen LogP contribution in [-0.2, 0) is 0 Å². The van der Waals surface area contributed by atoms with Crippen LogP contribution in [0, 0.1) is 13.8 Å². The number of hydrogen-bond acceptors (Lipinski definition) is 3. The fraction of sp³-hybridized carbons (Fsp3) is 0.133. The first-order valence-corrected chi connectivity index (χ1v) is 6.31. The molecule has 0 saturated carbocycles. The summed E-state index contributed by atoms with van der Waals surface area (Å²) < 4.78 is 1.62. The number of nitrogens with one attached hydrogen (secondary N) is 1. The maximum absolute atomic E-state index is 12.2. The fourth-order valence-corrected chi connectivity index (χ4v) is 1.96. The Labute approximate surface area is 116 Å². The summed E-state index contributed by atoms with van der Waals surface area (Å²) in [5.41, 5.74) is 4.26. The van der Waals surface area contributed by atoms with Crippen molar-refractivity contribution in [3.8, 4) is 0 Å². The normalized spacial score (nSPS) is 10.7. The summed E-state index contributed by atoms with van der Waals surface area (Å²) in [5, 5.41) is 6.91. The van der Waals surface area contributed by atoms with E-state index in [1.54, 1.807) is 29.2 Å². The Balaban J connectivity index is 1.85. The van der Waals surface area contributed by atoms with Gasteiger partial charge in [0.2, 0.25) is 0 Å². The van der Waals surface area contributed by atoms with E-state index in [9.17, 15) is 4.79 Å². The molecule has 3 rings (SSSR count). The van der Waals surface area contributed by atoms with Gasteiger partial charge < -0.3 is 5.32 Å². The summed E-state index contributed by atoms with van der Waals surface area (Å²) in [6.07, 6.45) is 5.02. The molecule has 20 heavy (non-hydrogen) atoms. The third-order valence-electron chi connectivity index (χ3n) is 3.27. The lowest BCUT2D eigenvalue weighted by Crippen LogP contribution is -2.13. The van der Waals surface area contributed by atoms with Crippen molar-refractivity contribution in [2.45, 2.75) is 13.8 Å². The molecule has 5 nitrogen and oxygen atoms in total. The summed E-state index contributed by atoms with van der Waals surface area (Å²) in [7, 11) is 0. The molecular weight excluding hydrogens is 252 g/mol. The summed E-state index contributed by atoms with van der Waals surface area (Å²) >= 11 is 0. The van der Waals surface area contributed by atoms with E-state index in [1.165, 1.54) is 5.56 Å². The average molecular weight is 266 g/mol. The topological polar surface area (TPSA) is 59.3 Å². The number of aryl methyl sites for hydroxylation is 2. The molecule has 0 aliphatic heterocycles. The molecule has 0 aliphatic rings. The van der Waals surface area contributed by atoms with Crippen molar-refractivity contribution in [1.29, 1.82) is 0 Å².